The van der Waals surface area contributed by atoms with Crippen LogP contribution in [0.5, 0.6) is 0 Å². The molecule has 2 aliphatic rings. The Morgan fingerprint density at radius 2 is 2.13 bits per heavy atom. The normalized spacial score (nSPS) is 32.3. The zero-order chi connectivity index (χ0) is 10.8. The number of carbonyl (C=O) groups excluding carboxylic acids is 1. The molecule has 0 bridgehead atoms. The zero-order valence-corrected chi connectivity index (χ0v) is 9.28. The van der Waals surface area contributed by atoms with Crippen LogP contribution in [0.15, 0.2) is 0 Å². The number of hydrogen-bond donors (Lipinski definition) is 2. The molecule has 2 amide bonds. The Kier molecular flexibility index (Phi) is 3.11. The molecule has 0 aromatic carbocycles. The Morgan fingerprint density at radius 3 is 2.67 bits per heavy atom. The van der Waals surface area contributed by atoms with E-state index in [-0.39, 0.29) is 12.1 Å². The first kappa shape index (κ1) is 10.7. The third-order valence-corrected chi connectivity index (χ3v) is 3.23. The molecule has 5 nitrogen and oxygen atoms in total. The highest BCUT2D eigenvalue weighted by molar-refractivity contribution is 5.75. The lowest BCUT2D eigenvalue weighted by Crippen LogP contribution is -2.45. The molecule has 2 heterocycles. The van der Waals surface area contributed by atoms with Crippen molar-refractivity contribution in [2.24, 2.45) is 5.73 Å². The van der Waals surface area contributed by atoms with Crippen LogP contribution in [0.1, 0.15) is 12.8 Å². The van der Waals surface area contributed by atoms with Crippen molar-refractivity contribution >= 4 is 6.03 Å². The molecule has 0 saturated carbocycles. The van der Waals surface area contributed by atoms with E-state index in [1.54, 1.807) is 0 Å². The summed E-state index contributed by atoms with van der Waals surface area (Å²) < 4.78 is 0. The largest absolute Gasteiger partial charge is 0.334 e. The first-order valence-corrected chi connectivity index (χ1v) is 5.64. The Hall–Kier alpha value is -0.810. The number of likely N-dealkylation sites (N-methyl/N-ethyl adjacent to an activating group) is 1. The van der Waals surface area contributed by atoms with E-state index < -0.39 is 0 Å². The first-order chi connectivity index (χ1) is 7.15. The van der Waals surface area contributed by atoms with Crippen LogP contribution in [-0.4, -0.2) is 61.1 Å². The number of urea groups is 1. The van der Waals surface area contributed by atoms with E-state index in [0.717, 1.165) is 32.5 Å². The Morgan fingerprint density at radius 1 is 1.33 bits per heavy atom. The van der Waals surface area contributed by atoms with Crippen LogP contribution in [0.25, 0.3) is 0 Å². The summed E-state index contributed by atoms with van der Waals surface area (Å²) in [5.41, 5.74) is 5.76. The van der Waals surface area contributed by atoms with E-state index in [1.807, 2.05) is 4.90 Å². The highest BCUT2D eigenvalue weighted by Gasteiger charge is 2.27. The maximum atomic E-state index is 11.8. The second-order valence-corrected chi connectivity index (χ2v) is 4.69. The quantitative estimate of drug-likeness (QED) is 0.612. The number of amides is 2. The second kappa shape index (κ2) is 4.37. The zero-order valence-electron chi connectivity index (χ0n) is 9.28. The summed E-state index contributed by atoms with van der Waals surface area (Å²) in [5.74, 6) is 0. The molecule has 0 spiro atoms. The average molecular weight is 212 g/mol. The molecule has 86 valence electrons. The molecule has 0 unspecified atom stereocenters. The van der Waals surface area contributed by atoms with E-state index in [1.165, 1.54) is 0 Å². The maximum Gasteiger partial charge on any atom is 0.317 e. The van der Waals surface area contributed by atoms with Crippen LogP contribution in [0.2, 0.25) is 0 Å². The minimum Gasteiger partial charge on any atom is -0.334 e. The van der Waals surface area contributed by atoms with Gasteiger partial charge in [0.1, 0.15) is 0 Å². The van der Waals surface area contributed by atoms with Crippen molar-refractivity contribution in [1.29, 1.82) is 0 Å². The molecule has 3 N–H and O–H groups in total. The molecule has 2 rings (SSSR count). The van der Waals surface area contributed by atoms with Crippen LogP contribution >= 0.6 is 0 Å². The number of hydrogen-bond acceptors (Lipinski definition) is 3. The van der Waals surface area contributed by atoms with Crippen molar-refractivity contribution in [3.05, 3.63) is 0 Å². The predicted octanol–water partition coefficient (Wildman–Crippen LogP) is -0.567. The molecule has 0 aliphatic carbocycles. The average Bonchev–Trinajstić information content (AvgIpc) is 2.75. The van der Waals surface area contributed by atoms with Crippen LogP contribution in [0, 0.1) is 0 Å². The third-order valence-electron chi connectivity index (χ3n) is 3.23. The van der Waals surface area contributed by atoms with Crippen LogP contribution in [0.4, 0.5) is 4.79 Å². The summed E-state index contributed by atoms with van der Waals surface area (Å²) in [6, 6.07) is 0.546. The van der Waals surface area contributed by atoms with Gasteiger partial charge in [0.2, 0.25) is 0 Å². The molecule has 2 aliphatic heterocycles. The van der Waals surface area contributed by atoms with Gasteiger partial charge in [-0.1, -0.05) is 0 Å². The van der Waals surface area contributed by atoms with Gasteiger partial charge in [-0.15, -0.1) is 0 Å². The lowest BCUT2D eigenvalue weighted by Gasteiger charge is -2.20. The van der Waals surface area contributed by atoms with E-state index in [0.29, 0.717) is 12.6 Å². The van der Waals surface area contributed by atoms with Gasteiger partial charge >= 0.3 is 6.03 Å². The van der Waals surface area contributed by atoms with Gasteiger partial charge in [0.15, 0.2) is 0 Å². The van der Waals surface area contributed by atoms with Gasteiger partial charge in [-0.25, -0.2) is 4.79 Å². The molecule has 0 aromatic rings. The summed E-state index contributed by atoms with van der Waals surface area (Å²) in [6.45, 7) is 3.54. The number of likely N-dealkylation sites (tertiary alicyclic amines) is 2. The van der Waals surface area contributed by atoms with Crippen LogP contribution < -0.4 is 11.1 Å². The highest BCUT2D eigenvalue weighted by atomic mass is 16.2. The van der Waals surface area contributed by atoms with Gasteiger partial charge in [-0.3, -0.25) is 0 Å². The van der Waals surface area contributed by atoms with Crippen LogP contribution in [0.3, 0.4) is 0 Å². The van der Waals surface area contributed by atoms with Gasteiger partial charge in [0.25, 0.3) is 0 Å². The fourth-order valence-corrected chi connectivity index (χ4v) is 2.29. The standard InChI is InChI=1S/C10H20N4O/c1-13-4-3-9(7-13)12-10(15)14-5-2-8(11)6-14/h8-9H,2-7,11H2,1H3,(H,12,15)/t8-,9-/m1/s1. The fraction of sp³-hybridized carbons (Fsp3) is 0.900. The Bertz CT molecular complexity index is 246. The summed E-state index contributed by atoms with van der Waals surface area (Å²) in [4.78, 5) is 15.9. The summed E-state index contributed by atoms with van der Waals surface area (Å²) >= 11 is 0. The summed E-state index contributed by atoms with van der Waals surface area (Å²) in [5, 5.41) is 3.06. The topological polar surface area (TPSA) is 61.6 Å². The minimum absolute atomic E-state index is 0.0586. The lowest BCUT2D eigenvalue weighted by atomic mass is 10.3. The summed E-state index contributed by atoms with van der Waals surface area (Å²) in [6.07, 6.45) is 1.99. The van der Waals surface area contributed by atoms with Crippen molar-refractivity contribution in [1.82, 2.24) is 15.1 Å². The van der Waals surface area contributed by atoms with Crippen LogP contribution in [-0.2, 0) is 0 Å². The Balaban J connectivity index is 1.77. The lowest BCUT2D eigenvalue weighted by molar-refractivity contribution is 0.204. The number of nitrogens with zero attached hydrogens (tertiary/aromatic N) is 2. The molecule has 0 radical (unpaired) electrons. The fourth-order valence-electron chi connectivity index (χ4n) is 2.29. The maximum absolute atomic E-state index is 11.8. The molecule has 15 heavy (non-hydrogen) atoms. The van der Waals surface area contributed by atoms with Crippen molar-refractivity contribution in [2.75, 3.05) is 33.2 Å². The number of rotatable bonds is 1. The van der Waals surface area contributed by atoms with Crippen molar-refractivity contribution in [3.8, 4) is 0 Å². The molecule has 2 atom stereocenters. The number of carbonyl (C=O) groups is 1. The van der Waals surface area contributed by atoms with Gasteiger partial charge < -0.3 is 20.9 Å². The predicted molar refractivity (Wildman–Crippen MR) is 58.6 cm³/mol. The van der Waals surface area contributed by atoms with Crippen molar-refractivity contribution in [3.63, 3.8) is 0 Å². The van der Waals surface area contributed by atoms with E-state index >= 15 is 0 Å². The monoisotopic (exact) mass is 212 g/mol. The number of nitrogens with two attached hydrogens (primary N) is 1. The first-order valence-electron chi connectivity index (χ1n) is 5.64. The van der Waals surface area contributed by atoms with E-state index in [2.05, 4.69) is 17.3 Å². The molecule has 2 saturated heterocycles. The van der Waals surface area contributed by atoms with Crippen molar-refractivity contribution < 1.29 is 4.79 Å². The van der Waals surface area contributed by atoms with Crippen molar-refractivity contribution in [2.45, 2.75) is 24.9 Å². The molecule has 5 heteroatoms. The van der Waals surface area contributed by atoms with E-state index in [4.69, 9.17) is 5.73 Å². The highest BCUT2D eigenvalue weighted by Crippen LogP contribution is 2.10. The minimum atomic E-state index is 0.0586. The molecule has 2 fully saturated rings. The third kappa shape index (κ3) is 2.60. The molecular weight excluding hydrogens is 192 g/mol. The number of nitrogens with one attached hydrogen (secondary N) is 1. The van der Waals surface area contributed by atoms with Gasteiger partial charge in [0.05, 0.1) is 0 Å². The van der Waals surface area contributed by atoms with Gasteiger partial charge in [0, 0.05) is 31.7 Å². The van der Waals surface area contributed by atoms with Gasteiger partial charge in [-0.05, 0) is 26.4 Å². The SMILES string of the molecule is CN1CC[C@@H](NC(=O)N2CC[C@@H](N)C2)C1. The van der Waals surface area contributed by atoms with E-state index in [9.17, 15) is 4.79 Å². The molecule has 0 aromatic heterocycles. The molecular formula is C10H20N4O. The summed E-state index contributed by atoms with van der Waals surface area (Å²) in [7, 11) is 2.08. The smallest absolute Gasteiger partial charge is 0.317 e. The Labute approximate surface area is 90.6 Å². The van der Waals surface area contributed by atoms with Gasteiger partial charge in [-0.2, -0.15) is 0 Å². The second-order valence-electron chi connectivity index (χ2n) is 4.69.